The van der Waals surface area contributed by atoms with Gasteiger partial charge in [0.1, 0.15) is 5.82 Å². The minimum absolute atomic E-state index is 0.730. The number of rotatable bonds is 4. The highest BCUT2D eigenvalue weighted by molar-refractivity contribution is 9.10. The SMILES string of the molecule is CCN1CCC(CNc2ncc(N)c(C)c2Br)CC1. The van der Waals surface area contributed by atoms with Crippen LogP contribution in [0, 0.1) is 12.8 Å². The molecule has 1 fully saturated rings. The summed E-state index contributed by atoms with van der Waals surface area (Å²) in [7, 11) is 0. The van der Waals surface area contributed by atoms with Crippen molar-refractivity contribution in [2.45, 2.75) is 26.7 Å². The van der Waals surface area contributed by atoms with E-state index in [1.165, 1.54) is 32.5 Å². The standard InChI is InChI=1S/C14H23BrN4/c1-3-19-6-4-11(5-7-19)8-17-14-13(15)10(2)12(16)9-18-14/h9,11H,3-8,16H2,1-2H3,(H,17,18). The van der Waals surface area contributed by atoms with Gasteiger partial charge in [0, 0.05) is 6.54 Å². The number of anilines is 2. The molecule has 0 saturated carbocycles. The van der Waals surface area contributed by atoms with Crippen LogP contribution in [-0.4, -0.2) is 36.1 Å². The summed E-state index contributed by atoms with van der Waals surface area (Å²) in [5.74, 6) is 1.65. The highest BCUT2D eigenvalue weighted by Gasteiger charge is 2.18. The van der Waals surface area contributed by atoms with Crippen LogP contribution in [0.4, 0.5) is 11.5 Å². The number of nitrogens with zero attached hydrogens (tertiary/aromatic N) is 2. The van der Waals surface area contributed by atoms with E-state index in [9.17, 15) is 0 Å². The number of nitrogens with one attached hydrogen (secondary N) is 1. The Kier molecular flexibility index (Phi) is 5.05. The van der Waals surface area contributed by atoms with Crippen molar-refractivity contribution in [3.05, 3.63) is 16.2 Å². The van der Waals surface area contributed by atoms with Crippen LogP contribution < -0.4 is 11.1 Å². The van der Waals surface area contributed by atoms with Gasteiger partial charge in [0.05, 0.1) is 16.4 Å². The maximum absolute atomic E-state index is 5.83. The van der Waals surface area contributed by atoms with Crippen LogP contribution in [0.15, 0.2) is 10.7 Å². The molecule has 4 nitrogen and oxygen atoms in total. The first kappa shape index (κ1) is 14.6. The fourth-order valence-corrected chi connectivity index (χ4v) is 2.93. The Bertz CT molecular complexity index is 428. The van der Waals surface area contributed by atoms with E-state index in [0.717, 1.165) is 34.0 Å². The van der Waals surface area contributed by atoms with Gasteiger partial charge in [0.15, 0.2) is 0 Å². The van der Waals surface area contributed by atoms with E-state index < -0.39 is 0 Å². The monoisotopic (exact) mass is 326 g/mol. The van der Waals surface area contributed by atoms with Crippen LogP contribution in [0.2, 0.25) is 0 Å². The third-order valence-corrected chi connectivity index (χ3v) is 4.99. The van der Waals surface area contributed by atoms with Crippen molar-refractivity contribution in [2.24, 2.45) is 5.92 Å². The van der Waals surface area contributed by atoms with Crippen molar-refractivity contribution in [3.8, 4) is 0 Å². The largest absolute Gasteiger partial charge is 0.397 e. The first-order chi connectivity index (χ1) is 9.11. The number of nitrogens with two attached hydrogens (primary N) is 1. The number of halogens is 1. The summed E-state index contributed by atoms with van der Waals surface area (Å²) in [5, 5.41) is 3.45. The Labute approximate surface area is 123 Å². The maximum Gasteiger partial charge on any atom is 0.140 e. The zero-order valence-corrected chi connectivity index (χ0v) is 13.3. The molecule has 0 aliphatic carbocycles. The van der Waals surface area contributed by atoms with Crippen LogP contribution in [0.1, 0.15) is 25.3 Å². The number of aromatic nitrogens is 1. The molecule has 1 aliphatic rings. The molecule has 3 N–H and O–H groups in total. The summed E-state index contributed by atoms with van der Waals surface area (Å²) in [5.41, 5.74) is 7.62. The van der Waals surface area contributed by atoms with Gasteiger partial charge in [0.2, 0.25) is 0 Å². The first-order valence-corrected chi connectivity index (χ1v) is 7.78. The summed E-state index contributed by atoms with van der Waals surface area (Å²) in [6.07, 6.45) is 4.26. The van der Waals surface area contributed by atoms with E-state index in [2.05, 4.69) is 38.1 Å². The molecule has 0 bridgehead atoms. The molecule has 1 aliphatic heterocycles. The number of piperidine rings is 1. The van der Waals surface area contributed by atoms with E-state index in [1.54, 1.807) is 6.20 Å². The molecule has 1 aromatic heterocycles. The highest BCUT2D eigenvalue weighted by Crippen LogP contribution is 2.28. The Morgan fingerprint density at radius 1 is 1.47 bits per heavy atom. The zero-order valence-electron chi connectivity index (χ0n) is 11.7. The topological polar surface area (TPSA) is 54.2 Å². The lowest BCUT2D eigenvalue weighted by molar-refractivity contribution is 0.198. The molecule has 0 atom stereocenters. The van der Waals surface area contributed by atoms with Crippen LogP contribution in [0.5, 0.6) is 0 Å². The zero-order chi connectivity index (χ0) is 13.8. The van der Waals surface area contributed by atoms with E-state index >= 15 is 0 Å². The molecule has 0 unspecified atom stereocenters. The summed E-state index contributed by atoms with van der Waals surface area (Å²) >= 11 is 3.56. The lowest BCUT2D eigenvalue weighted by atomic mass is 9.97. The molecular weight excluding hydrogens is 304 g/mol. The highest BCUT2D eigenvalue weighted by atomic mass is 79.9. The van der Waals surface area contributed by atoms with Gasteiger partial charge < -0.3 is 16.0 Å². The van der Waals surface area contributed by atoms with Gasteiger partial charge in [-0.2, -0.15) is 0 Å². The Balaban J connectivity index is 1.88. The summed E-state index contributed by atoms with van der Waals surface area (Å²) in [6.45, 7) is 8.84. The Morgan fingerprint density at radius 3 is 2.79 bits per heavy atom. The van der Waals surface area contributed by atoms with Crippen molar-refractivity contribution in [1.29, 1.82) is 0 Å². The van der Waals surface area contributed by atoms with Gasteiger partial charge in [-0.15, -0.1) is 0 Å². The quantitative estimate of drug-likeness (QED) is 0.893. The summed E-state index contributed by atoms with van der Waals surface area (Å²) < 4.78 is 0.985. The molecule has 1 aromatic rings. The third kappa shape index (κ3) is 3.60. The van der Waals surface area contributed by atoms with Gasteiger partial charge in [0.25, 0.3) is 0 Å². The molecular formula is C14H23BrN4. The fraction of sp³-hybridized carbons (Fsp3) is 0.643. The number of likely N-dealkylation sites (tertiary alicyclic amines) is 1. The van der Waals surface area contributed by atoms with Crippen molar-refractivity contribution in [1.82, 2.24) is 9.88 Å². The number of hydrogen-bond acceptors (Lipinski definition) is 4. The first-order valence-electron chi connectivity index (χ1n) is 6.98. The van der Waals surface area contributed by atoms with Crippen molar-refractivity contribution < 1.29 is 0 Å². The molecule has 1 saturated heterocycles. The smallest absolute Gasteiger partial charge is 0.140 e. The molecule has 0 aromatic carbocycles. The Hall–Kier alpha value is -0.810. The molecule has 2 heterocycles. The Morgan fingerprint density at radius 2 is 2.16 bits per heavy atom. The van der Waals surface area contributed by atoms with Crippen LogP contribution in [0.25, 0.3) is 0 Å². The van der Waals surface area contributed by atoms with Gasteiger partial charge in [-0.1, -0.05) is 6.92 Å². The van der Waals surface area contributed by atoms with Crippen molar-refractivity contribution in [3.63, 3.8) is 0 Å². The van der Waals surface area contributed by atoms with Crippen LogP contribution >= 0.6 is 15.9 Å². The molecule has 0 spiro atoms. The molecule has 19 heavy (non-hydrogen) atoms. The predicted octanol–water partition coefficient (Wildman–Crippen LogP) is 2.88. The van der Waals surface area contributed by atoms with Crippen molar-refractivity contribution in [2.75, 3.05) is 37.2 Å². The number of nitrogen functional groups attached to an aromatic ring is 1. The summed E-state index contributed by atoms with van der Waals surface area (Å²) in [6, 6.07) is 0. The molecule has 5 heteroatoms. The second-order valence-corrected chi connectivity index (χ2v) is 6.05. The second-order valence-electron chi connectivity index (χ2n) is 5.26. The third-order valence-electron chi connectivity index (χ3n) is 4.02. The van der Waals surface area contributed by atoms with E-state index in [-0.39, 0.29) is 0 Å². The predicted molar refractivity (Wildman–Crippen MR) is 84.4 cm³/mol. The van der Waals surface area contributed by atoms with Gasteiger partial charge >= 0.3 is 0 Å². The number of hydrogen-bond donors (Lipinski definition) is 2. The van der Waals surface area contributed by atoms with E-state index in [4.69, 9.17) is 5.73 Å². The molecule has 106 valence electrons. The van der Waals surface area contributed by atoms with E-state index in [0.29, 0.717) is 0 Å². The van der Waals surface area contributed by atoms with Crippen LogP contribution in [0.3, 0.4) is 0 Å². The van der Waals surface area contributed by atoms with Crippen molar-refractivity contribution >= 4 is 27.4 Å². The lowest BCUT2D eigenvalue weighted by Crippen LogP contribution is -2.35. The van der Waals surface area contributed by atoms with Crippen LogP contribution in [-0.2, 0) is 0 Å². The second kappa shape index (κ2) is 6.57. The molecule has 0 radical (unpaired) electrons. The molecule has 2 rings (SSSR count). The fourth-order valence-electron chi connectivity index (χ4n) is 2.46. The lowest BCUT2D eigenvalue weighted by Gasteiger charge is -2.31. The average molecular weight is 327 g/mol. The summed E-state index contributed by atoms with van der Waals surface area (Å²) in [4.78, 5) is 6.87. The maximum atomic E-state index is 5.83. The van der Waals surface area contributed by atoms with E-state index in [1.807, 2.05) is 6.92 Å². The van der Waals surface area contributed by atoms with Gasteiger partial charge in [-0.05, 0) is 66.8 Å². The average Bonchev–Trinajstić information content (AvgIpc) is 2.45. The van der Waals surface area contributed by atoms with Gasteiger partial charge in [-0.25, -0.2) is 4.98 Å². The normalized spacial score (nSPS) is 17.6. The minimum atomic E-state index is 0.730. The number of pyridine rings is 1. The molecule has 0 amide bonds. The van der Waals surface area contributed by atoms with Gasteiger partial charge in [-0.3, -0.25) is 0 Å². The minimum Gasteiger partial charge on any atom is -0.397 e.